The number of carbonyl (C=O) groups excluding carboxylic acids is 2. The summed E-state index contributed by atoms with van der Waals surface area (Å²) in [4.78, 5) is 25.0. The summed E-state index contributed by atoms with van der Waals surface area (Å²) in [5.41, 5.74) is 0.794. The number of nitrogens with one attached hydrogen (secondary N) is 1. The number of thiophene rings is 1. The number of anilines is 1. The van der Waals surface area contributed by atoms with Gasteiger partial charge in [0.25, 0.3) is 5.91 Å². The number of rotatable bonds is 8. The molecule has 0 radical (unpaired) electrons. The summed E-state index contributed by atoms with van der Waals surface area (Å²) >= 11 is 0.954. The fourth-order valence-corrected chi connectivity index (χ4v) is 5.15. The Bertz CT molecular complexity index is 1300. The van der Waals surface area contributed by atoms with E-state index in [0.29, 0.717) is 11.3 Å². The topological polar surface area (TPSA) is 130 Å². The first kappa shape index (κ1) is 24.2. The highest BCUT2D eigenvalue weighted by molar-refractivity contribution is 7.89. The van der Waals surface area contributed by atoms with Crippen LogP contribution in [0.4, 0.5) is 5.00 Å². The standard InChI is InChI=1S/C22H21N3O6S2/c1-4-30-22(27)19-14(2)18(12-23)21(32-19)24-20(26)15-7-9-17(10-8-15)33(28,29)25(3)13-16-6-5-11-31-16/h5-11H,4,13H2,1-3H3,(H,24,26). The molecule has 3 rings (SSSR count). The average molecular weight is 488 g/mol. The molecule has 9 nitrogen and oxygen atoms in total. The molecule has 2 aromatic heterocycles. The fourth-order valence-electron chi connectivity index (χ4n) is 2.97. The third-order valence-corrected chi connectivity index (χ3v) is 7.73. The number of hydrogen-bond donors (Lipinski definition) is 1. The molecular formula is C22H21N3O6S2. The van der Waals surface area contributed by atoms with Crippen LogP contribution in [0.3, 0.4) is 0 Å². The Morgan fingerprint density at radius 3 is 2.52 bits per heavy atom. The molecule has 0 saturated heterocycles. The van der Waals surface area contributed by atoms with Crippen molar-refractivity contribution >= 4 is 38.2 Å². The van der Waals surface area contributed by atoms with Crippen LogP contribution in [0, 0.1) is 18.3 Å². The lowest BCUT2D eigenvalue weighted by molar-refractivity contribution is 0.0531. The maximum atomic E-state index is 12.8. The zero-order chi connectivity index (χ0) is 24.2. The van der Waals surface area contributed by atoms with Crippen LogP contribution in [0.15, 0.2) is 52.0 Å². The van der Waals surface area contributed by atoms with E-state index >= 15 is 0 Å². The summed E-state index contributed by atoms with van der Waals surface area (Å²) in [5, 5.41) is 12.3. The smallest absolute Gasteiger partial charge is 0.348 e. The SMILES string of the molecule is CCOC(=O)c1sc(NC(=O)c2ccc(S(=O)(=O)N(C)Cc3ccco3)cc2)c(C#N)c1C. The van der Waals surface area contributed by atoms with Gasteiger partial charge in [0.1, 0.15) is 21.7 Å². The maximum absolute atomic E-state index is 12.8. The van der Waals surface area contributed by atoms with Gasteiger partial charge in [0.05, 0.1) is 29.9 Å². The Hall–Kier alpha value is -3.46. The fraction of sp³-hybridized carbons (Fsp3) is 0.227. The van der Waals surface area contributed by atoms with Gasteiger partial charge in [0.2, 0.25) is 10.0 Å². The summed E-state index contributed by atoms with van der Waals surface area (Å²) in [6.07, 6.45) is 1.46. The van der Waals surface area contributed by atoms with Crippen molar-refractivity contribution in [3.63, 3.8) is 0 Å². The molecule has 1 amide bonds. The van der Waals surface area contributed by atoms with E-state index in [0.717, 1.165) is 15.6 Å². The summed E-state index contributed by atoms with van der Waals surface area (Å²) in [6, 6.07) is 10.8. The molecule has 3 aromatic rings. The van der Waals surface area contributed by atoms with Gasteiger partial charge in [0.15, 0.2) is 0 Å². The number of esters is 1. The zero-order valence-corrected chi connectivity index (χ0v) is 19.7. The minimum atomic E-state index is -3.80. The lowest BCUT2D eigenvalue weighted by atomic mass is 10.1. The van der Waals surface area contributed by atoms with E-state index < -0.39 is 21.9 Å². The van der Waals surface area contributed by atoms with E-state index in [1.54, 1.807) is 26.0 Å². The highest BCUT2D eigenvalue weighted by Gasteiger charge is 2.24. The van der Waals surface area contributed by atoms with E-state index in [2.05, 4.69) is 5.32 Å². The Kier molecular flexibility index (Phi) is 7.33. The quantitative estimate of drug-likeness (QED) is 0.479. The highest BCUT2D eigenvalue weighted by Crippen LogP contribution is 2.33. The molecule has 33 heavy (non-hydrogen) atoms. The highest BCUT2D eigenvalue weighted by atomic mass is 32.2. The predicted octanol–water partition coefficient (Wildman–Crippen LogP) is 3.77. The van der Waals surface area contributed by atoms with Crippen LogP contribution in [-0.4, -0.2) is 38.3 Å². The first-order chi connectivity index (χ1) is 15.7. The lowest BCUT2D eigenvalue weighted by Gasteiger charge is -2.16. The normalized spacial score (nSPS) is 11.2. The number of nitrogens with zero attached hydrogens (tertiary/aromatic N) is 2. The van der Waals surface area contributed by atoms with E-state index in [1.165, 1.54) is 37.6 Å². The third-order valence-electron chi connectivity index (χ3n) is 4.73. The summed E-state index contributed by atoms with van der Waals surface area (Å²) in [5.74, 6) is -0.611. The van der Waals surface area contributed by atoms with Gasteiger partial charge in [-0.3, -0.25) is 4.79 Å². The largest absolute Gasteiger partial charge is 0.468 e. The minimum absolute atomic E-state index is 0.0161. The van der Waals surface area contributed by atoms with Gasteiger partial charge in [0, 0.05) is 12.6 Å². The Morgan fingerprint density at radius 1 is 1.24 bits per heavy atom. The molecule has 1 N–H and O–H groups in total. The molecule has 172 valence electrons. The maximum Gasteiger partial charge on any atom is 0.348 e. The van der Waals surface area contributed by atoms with Crippen LogP contribution in [0.5, 0.6) is 0 Å². The molecule has 0 aliphatic rings. The Balaban J connectivity index is 1.78. The van der Waals surface area contributed by atoms with E-state index in [-0.39, 0.29) is 39.1 Å². The molecule has 0 spiro atoms. The second-order valence-electron chi connectivity index (χ2n) is 6.91. The lowest BCUT2D eigenvalue weighted by Crippen LogP contribution is -2.26. The van der Waals surface area contributed by atoms with Crippen molar-refractivity contribution in [2.45, 2.75) is 25.3 Å². The molecule has 0 unspecified atom stereocenters. The Labute approximate surface area is 195 Å². The van der Waals surface area contributed by atoms with Gasteiger partial charge in [-0.05, 0) is 55.8 Å². The number of benzene rings is 1. The van der Waals surface area contributed by atoms with Crippen LogP contribution >= 0.6 is 11.3 Å². The molecule has 2 heterocycles. The van der Waals surface area contributed by atoms with Crippen molar-refractivity contribution in [2.75, 3.05) is 19.0 Å². The predicted molar refractivity (Wildman–Crippen MR) is 121 cm³/mol. The molecule has 0 fully saturated rings. The zero-order valence-electron chi connectivity index (χ0n) is 18.1. The van der Waals surface area contributed by atoms with Crippen molar-refractivity contribution in [1.29, 1.82) is 5.26 Å². The summed E-state index contributed by atoms with van der Waals surface area (Å²) < 4.78 is 36.9. The van der Waals surface area contributed by atoms with Gasteiger partial charge in [-0.1, -0.05) is 0 Å². The molecular weight excluding hydrogens is 466 g/mol. The van der Waals surface area contributed by atoms with Crippen LogP contribution in [0.2, 0.25) is 0 Å². The van der Waals surface area contributed by atoms with E-state index in [9.17, 15) is 23.3 Å². The van der Waals surface area contributed by atoms with Gasteiger partial charge in [-0.15, -0.1) is 11.3 Å². The van der Waals surface area contributed by atoms with Gasteiger partial charge >= 0.3 is 5.97 Å². The molecule has 11 heteroatoms. The van der Waals surface area contributed by atoms with Gasteiger partial charge < -0.3 is 14.5 Å². The summed E-state index contributed by atoms with van der Waals surface area (Å²) in [6.45, 7) is 3.53. The number of carbonyl (C=O) groups is 2. The monoisotopic (exact) mass is 487 g/mol. The number of ether oxygens (including phenoxy) is 1. The molecule has 0 saturated carbocycles. The molecule has 1 aromatic carbocycles. The van der Waals surface area contributed by atoms with E-state index in [1.807, 2.05) is 6.07 Å². The van der Waals surface area contributed by atoms with Crippen molar-refractivity contribution in [1.82, 2.24) is 4.31 Å². The molecule has 0 aliphatic carbocycles. The number of amides is 1. The van der Waals surface area contributed by atoms with E-state index in [4.69, 9.17) is 9.15 Å². The minimum Gasteiger partial charge on any atom is -0.468 e. The van der Waals surface area contributed by atoms with Crippen molar-refractivity contribution in [3.05, 3.63) is 70.0 Å². The van der Waals surface area contributed by atoms with Crippen LogP contribution < -0.4 is 5.32 Å². The molecule has 0 aliphatic heterocycles. The van der Waals surface area contributed by atoms with Crippen LogP contribution in [-0.2, 0) is 21.3 Å². The second-order valence-corrected chi connectivity index (χ2v) is 9.98. The number of hydrogen-bond acceptors (Lipinski definition) is 8. The molecule has 0 bridgehead atoms. The summed E-state index contributed by atoms with van der Waals surface area (Å²) in [7, 11) is -2.36. The van der Waals surface area contributed by atoms with Gasteiger partial charge in [-0.25, -0.2) is 13.2 Å². The van der Waals surface area contributed by atoms with Crippen LogP contribution in [0.1, 0.15) is 43.8 Å². The van der Waals surface area contributed by atoms with Crippen molar-refractivity contribution < 1.29 is 27.2 Å². The van der Waals surface area contributed by atoms with Gasteiger partial charge in [-0.2, -0.15) is 9.57 Å². The third kappa shape index (κ3) is 5.14. The first-order valence-electron chi connectivity index (χ1n) is 9.79. The second kappa shape index (κ2) is 9.99. The molecule has 0 atom stereocenters. The van der Waals surface area contributed by atoms with Crippen LogP contribution in [0.25, 0.3) is 0 Å². The number of sulfonamides is 1. The average Bonchev–Trinajstić information content (AvgIpc) is 3.41. The Morgan fingerprint density at radius 2 is 1.94 bits per heavy atom. The first-order valence-corrected chi connectivity index (χ1v) is 12.1. The van der Waals surface area contributed by atoms with Crippen molar-refractivity contribution in [3.8, 4) is 6.07 Å². The number of nitriles is 1. The van der Waals surface area contributed by atoms with Crippen molar-refractivity contribution in [2.24, 2.45) is 0 Å². The number of furan rings is 1.